The van der Waals surface area contributed by atoms with Crippen molar-refractivity contribution in [2.45, 2.75) is 37.6 Å². The van der Waals surface area contributed by atoms with Crippen LogP contribution in [0.2, 0.25) is 0 Å². The van der Waals surface area contributed by atoms with Crippen molar-refractivity contribution in [2.24, 2.45) is 5.73 Å². The van der Waals surface area contributed by atoms with Gasteiger partial charge < -0.3 is 10.5 Å². The summed E-state index contributed by atoms with van der Waals surface area (Å²) < 4.78 is 5.36. The zero-order valence-corrected chi connectivity index (χ0v) is 15.5. The number of rotatable bonds is 4. The summed E-state index contributed by atoms with van der Waals surface area (Å²) >= 11 is 0. The molecular weight excluding hydrogens is 364 g/mol. The summed E-state index contributed by atoms with van der Waals surface area (Å²) in [6.45, 7) is 1.97. The van der Waals surface area contributed by atoms with E-state index in [1.165, 1.54) is 0 Å². The molecule has 9 heteroatoms. The maximum absolute atomic E-state index is 12.9. The number of nitrogens with one attached hydrogen (secondary N) is 1. The van der Waals surface area contributed by atoms with E-state index < -0.39 is 29.7 Å². The van der Waals surface area contributed by atoms with Gasteiger partial charge in [0, 0.05) is 39.2 Å². The molecule has 0 bridgehead atoms. The van der Waals surface area contributed by atoms with Gasteiger partial charge in [-0.2, -0.15) is 0 Å². The first-order valence-electron chi connectivity index (χ1n) is 9.24. The molecule has 0 aliphatic carbocycles. The molecule has 0 radical (unpaired) electrons. The topological polar surface area (TPSA) is 122 Å². The first kappa shape index (κ1) is 18.7. The average Bonchev–Trinajstić information content (AvgIpc) is 3.13. The normalized spacial score (nSPS) is 28.1. The van der Waals surface area contributed by atoms with Gasteiger partial charge in [-0.1, -0.05) is 6.07 Å². The molecule has 3 atom stereocenters. The molecule has 0 aromatic heterocycles. The summed E-state index contributed by atoms with van der Waals surface area (Å²) in [5, 5.41) is 2.19. The van der Waals surface area contributed by atoms with Gasteiger partial charge in [0.2, 0.25) is 11.8 Å². The van der Waals surface area contributed by atoms with Crippen LogP contribution >= 0.6 is 0 Å². The predicted octanol–water partition coefficient (Wildman–Crippen LogP) is -0.754. The summed E-state index contributed by atoms with van der Waals surface area (Å²) in [7, 11) is 1.64. The van der Waals surface area contributed by atoms with Gasteiger partial charge >= 0.3 is 0 Å². The number of methoxy groups -OCH3 is 1. The molecule has 9 nitrogen and oxygen atoms in total. The van der Waals surface area contributed by atoms with Gasteiger partial charge in [0.1, 0.15) is 6.04 Å². The molecule has 3 aliphatic rings. The van der Waals surface area contributed by atoms with Crippen LogP contribution in [-0.2, 0) is 20.9 Å². The Kier molecular flexibility index (Phi) is 4.74. The van der Waals surface area contributed by atoms with Crippen molar-refractivity contribution in [3.05, 3.63) is 34.9 Å². The van der Waals surface area contributed by atoms with Crippen molar-refractivity contribution >= 4 is 23.6 Å². The van der Waals surface area contributed by atoms with E-state index in [2.05, 4.69) is 10.2 Å². The van der Waals surface area contributed by atoms with Crippen molar-refractivity contribution in [1.82, 2.24) is 15.1 Å². The van der Waals surface area contributed by atoms with E-state index in [0.717, 1.165) is 10.5 Å². The average molecular weight is 386 g/mol. The van der Waals surface area contributed by atoms with E-state index >= 15 is 0 Å². The third-order valence-electron chi connectivity index (χ3n) is 5.60. The van der Waals surface area contributed by atoms with Gasteiger partial charge in [-0.05, 0) is 24.1 Å². The van der Waals surface area contributed by atoms with Crippen molar-refractivity contribution in [3.8, 4) is 0 Å². The second kappa shape index (κ2) is 7.08. The number of carbonyl (C=O) groups excluding carboxylic acids is 4. The van der Waals surface area contributed by atoms with Crippen LogP contribution in [0.25, 0.3) is 0 Å². The molecule has 148 valence electrons. The number of piperidine rings is 1. The fourth-order valence-corrected chi connectivity index (χ4v) is 4.13. The number of amides is 4. The number of carbonyl (C=O) groups is 4. The van der Waals surface area contributed by atoms with Crippen LogP contribution in [0.4, 0.5) is 0 Å². The maximum Gasteiger partial charge on any atom is 0.262 e. The third kappa shape index (κ3) is 3.11. The van der Waals surface area contributed by atoms with E-state index in [0.29, 0.717) is 25.2 Å². The van der Waals surface area contributed by atoms with Crippen LogP contribution in [-0.4, -0.2) is 71.8 Å². The molecule has 0 saturated carbocycles. The number of hydrogen-bond donors (Lipinski definition) is 2. The summed E-state index contributed by atoms with van der Waals surface area (Å²) in [5.41, 5.74) is 7.51. The van der Waals surface area contributed by atoms with E-state index in [9.17, 15) is 19.2 Å². The smallest absolute Gasteiger partial charge is 0.262 e. The van der Waals surface area contributed by atoms with Crippen molar-refractivity contribution in [2.75, 3.05) is 20.2 Å². The number of nitrogens with two attached hydrogens (primary N) is 1. The molecule has 4 rings (SSSR count). The molecular formula is C19H22N4O5. The van der Waals surface area contributed by atoms with Crippen LogP contribution in [0, 0.1) is 0 Å². The van der Waals surface area contributed by atoms with Gasteiger partial charge in [0.05, 0.1) is 17.2 Å². The summed E-state index contributed by atoms with van der Waals surface area (Å²) in [5.74, 6) is -1.99. The van der Waals surface area contributed by atoms with Crippen molar-refractivity contribution < 1.29 is 23.9 Å². The molecule has 2 saturated heterocycles. The summed E-state index contributed by atoms with van der Waals surface area (Å²) in [6.07, 6.45) is 0.221. The lowest BCUT2D eigenvalue weighted by Gasteiger charge is -2.27. The number of imide groups is 2. The number of benzene rings is 1. The second-order valence-corrected chi connectivity index (χ2v) is 7.46. The second-order valence-electron chi connectivity index (χ2n) is 7.46. The summed E-state index contributed by atoms with van der Waals surface area (Å²) in [6, 6.07) is 4.12. The number of nitrogens with zero attached hydrogens (tertiary/aromatic N) is 2. The maximum atomic E-state index is 12.9. The molecule has 1 unspecified atom stereocenters. The highest BCUT2D eigenvalue weighted by molar-refractivity contribution is 6.23. The molecule has 1 aromatic carbocycles. The largest absolute Gasteiger partial charge is 0.378 e. The van der Waals surface area contributed by atoms with Gasteiger partial charge in [-0.15, -0.1) is 0 Å². The number of likely N-dealkylation sites (tertiary alicyclic amines) is 1. The van der Waals surface area contributed by atoms with E-state index in [1.54, 1.807) is 19.2 Å². The minimum absolute atomic E-state index is 0.0272. The fraction of sp³-hybridized carbons (Fsp3) is 0.474. The van der Waals surface area contributed by atoms with Gasteiger partial charge in [-0.25, -0.2) is 0 Å². The zero-order chi connectivity index (χ0) is 20.0. The Morgan fingerprint density at radius 3 is 2.57 bits per heavy atom. The first-order chi connectivity index (χ1) is 13.4. The highest BCUT2D eigenvalue weighted by Gasteiger charge is 2.44. The van der Waals surface area contributed by atoms with Crippen molar-refractivity contribution in [1.29, 1.82) is 0 Å². The fourth-order valence-electron chi connectivity index (χ4n) is 4.13. The standard InChI is InChI=1S/C19H22N4O5/c1-28-15-9-22(8-13(15)20)7-10-2-3-11-12(6-10)19(27)23(18(11)26)14-4-5-16(24)21-17(14)25/h2-3,6,13-15H,4-5,7-9,20H2,1H3,(H,21,24,25)/t13-,14?,15+/m0/s1. The molecule has 28 heavy (non-hydrogen) atoms. The van der Waals surface area contributed by atoms with E-state index in [4.69, 9.17) is 10.5 Å². The quantitative estimate of drug-likeness (QED) is 0.653. The molecule has 3 heterocycles. The zero-order valence-electron chi connectivity index (χ0n) is 15.5. The van der Waals surface area contributed by atoms with E-state index in [1.807, 2.05) is 6.07 Å². The van der Waals surface area contributed by atoms with Crippen molar-refractivity contribution in [3.63, 3.8) is 0 Å². The molecule has 1 aromatic rings. The third-order valence-corrected chi connectivity index (χ3v) is 5.60. The minimum Gasteiger partial charge on any atom is -0.378 e. The predicted molar refractivity (Wildman–Crippen MR) is 97.2 cm³/mol. The van der Waals surface area contributed by atoms with Gasteiger partial charge in [-0.3, -0.25) is 34.3 Å². The first-order valence-corrected chi connectivity index (χ1v) is 9.24. The Hall–Kier alpha value is -2.62. The monoisotopic (exact) mass is 386 g/mol. The number of hydrogen-bond acceptors (Lipinski definition) is 7. The Morgan fingerprint density at radius 1 is 1.14 bits per heavy atom. The molecule has 2 fully saturated rings. The lowest BCUT2D eigenvalue weighted by Crippen LogP contribution is -2.54. The minimum atomic E-state index is -0.951. The van der Waals surface area contributed by atoms with Gasteiger partial charge in [0.15, 0.2) is 0 Å². The van der Waals surface area contributed by atoms with Crippen LogP contribution < -0.4 is 11.1 Å². The molecule has 3 aliphatic heterocycles. The Balaban J connectivity index is 1.53. The number of fused-ring (bicyclic) bond motifs is 1. The van der Waals surface area contributed by atoms with Crippen LogP contribution in [0.3, 0.4) is 0 Å². The van der Waals surface area contributed by atoms with E-state index in [-0.39, 0.29) is 30.6 Å². The highest BCUT2D eigenvalue weighted by atomic mass is 16.5. The van der Waals surface area contributed by atoms with Crippen LogP contribution in [0.5, 0.6) is 0 Å². The Morgan fingerprint density at radius 2 is 1.89 bits per heavy atom. The highest BCUT2D eigenvalue weighted by Crippen LogP contribution is 2.29. The lowest BCUT2D eigenvalue weighted by atomic mass is 10.0. The van der Waals surface area contributed by atoms with Gasteiger partial charge in [0.25, 0.3) is 11.8 Å². The van der Waals surface area contributed by atoms with Crippen LogP contribution in [0.1, 0.15) is 39.1 Å². The molecule has 0 spiro atoms. The Labute approximate surface area is 161 Å². The number of ether oxygens (including phenoxy) is 1. The summed E-state index contributed by atoms with van der Waals surface area (Å²) in [4.78, 5) is 52.1. The SMILES string of the molecule is CO[C@@H]1CN(Cc2ccc3c(c2)C(=O)N(C2CCC(=O)NC2=O)C3=O)C[C@@H]1N. The molecule has 4 amide bonds. The Bertz CT molecular complexity index is 870. The molecule has 3 N–H and O–H groups in total. The lowest BCUT2D eigenvalue weighted by molar-refractivity contribution is -0.136. The van der Waals surface area contributed by atoms with Crippen LogP contribution in [0.15, 0.2) is 18.2 Å².